The van der Waals surface area contributed by atoms with Gasteiger partial charge in [-0.2, -0.15) is 0 Å². The highest BCUT2D eigenvalue weighted by Gasteiger charge is 2.21. The van der Waals surface area contributed by atoms with E-state index in [9.17, 15) is 13.8 Å². The zero-order chi connectivity index (χ0) is 19.2. The second-order valence-electron chi connectivity index (χ2n) is 5.96. The number of nitrogens with one attached hydrogen (secondary N) is 1. The largest absolute Gasteiger partial charge is 0.368 e. The van der Waals surface area contributed by atoms with Crippen LogP contribution in [-0.4, -0.2) is 32.8 Å². The summed E-state index contributed by atoms with van der Waals surface area (Å²) in [6.07, 6.45) is 1.79. The smallest absolute Gasteiger partial charge is 0.254 e. The van der Waals surface area contributed by atoms with Crippen LogP contribution in [0.4, 0.5) is 0 Å². The van der Waals surface area contributed by atoms with Crippen molar-refractivity contribution in [2.75, 3.05) is 5.75 Å². The van der Waals surface area contributed by atoms with Gasteiger partial charge in [-0.3, -0.25) is 18.8 Å². The van der Waals surface area contributed by atoms with Gasteiger partial charge in [0.1, 0.15) is 6.04 Å². The van der Waals surface area contributed by atoms with Gasteiger partial charge < -0.3 is 11.1 Å². The summed E-state index contributed by atoms with van der Waals surface area (Å²) in [4.78, 5) is 29.3. The van der Waals surface area contributed by atoms with Crippen molar-refractivity contribution in [2.45, 2.75) is 17.4 Å². The van der Waals surface area contributed by atoms with Crippen molar-refractivity contribution in [1.29, 1.82) is 0 Å². The quantitative estimate of drug-likeness (QED) is 0.653. The molecule has 6 nitrogen and oxygen atoms in total. The van der Waals surface area contributed by atoms with Gasteiger partial charge in [0.15, 0.2) is 0 Å². The minimum atomic E-state index is -1.27. The molecular weight excluding hydrogens is 362 g/mol. The molecule has 3 N–H and O–H groups in total. The summed E-state index contributed by atoms with van der Waals surface area (Å²) >= 11 is 0. The number of hydrogen-bond donors (Lipinski definition) is 2. The van der Waals surface area contributed by atoms with Crippen LogP contribution in [0, 0.1) is 0 Å². The van der Waals surface area contributed by atoms with E-state index in [1.54, 1.807) is 48.7 Å². The third-order valence-electron chi connectivity index (χ3n) is 4.12. The highest BCUT2D eigenvalue weighted by atomic mass is 32.2. The Hall–Kier alpha value is -3.06. The van der Waals surface area contributed by atoms with Gasteiger partial charge >= 0.3 is 0 Å². The Labute approximate surface area is 159 Å². The van der Waals surface area contributed by atoms with E-state index in [0.717, 1.165) is 5.39 Å². The number of fused-ring (bicyclic) bond motifs is 1. The van der Waals surface area contributed by atoms with E-state index in [2.05, 4.69) is 10.3 Å². The number of nitrogens with zero attached hydrogens (tertiary/aromatic N) is 1. The number of rotatable bonds is 7. The first-order valence-corrected chi connectivity index (χ1v) is 9.75. The minimum Gasteiger partial charge on any atom is -0.368 e. The Bertz CT molecular complexity index is 987. The van der Waals surface area contributed by atoms with E-state index >= 15 is 0 Å². The molecule has 1 aromatic heterocycles. The van der Waals surface area contributed by atoms with E-state index in [4.69, 9.17) is 5.73 Å². The van der Waals surface area contributed by atoms with Crippen LogP contribution in [0.25, 0.3) is 10.9 Å². The Morgan fingerprint density at radius 1 is 1.04 bits per heavy atom. The lowest BCUT2D eigenvalue weighted by Crippen LogP contribution is -2.45. The Morgan fingerprint density at radius 2 is 1.78 bits per heavy atom. The van der Waals surface area contributed by atoms with Crippen LogP contribution in [-0.2, 0) is 15.6 Å². The van der Waals surface area contributed by atoms with Crippen LogP contribution in [0.2, 0.25) is 0 Å². The lowest BCUT2D eigenvalue weighted by atomic mass is 10.1. The fourth-order valence-corrected chi connectivity index (χ4v) is 3.87. The molecule has 0 aliphatic heterocycles. The Morgan fingerprint density at radius 3 is 2.52 bits per heavy atom. The molecule has 1 heterocycles. The molecule has 3 rings (SSSR count). The molecule has 3 aromatic rings. The van der Waals surface area contributed by atoms with Gasteiger partial charge in [-0.25, -0.2) is 0 Å². The van der Waals surface area contributed by atoms with Crippen LogP contribution in [0.1, 0.15) is 16.8 Å². The maximum absolute atomic E-state index is 12.7. The van der Waals surface area contributed by atoms with Gasteiger partial charge in [0, 0.05) is 22.2 Å². The molecule has 0 bridgehead atoms. The maximum atomic E-state index is 12.7. The molecule has 0 spiro atoms. The summed E-state index contributed by atoms with van der Waals surface area (Å²) < 4.78 is 12.3. The molecule has 7 heteroatoms. The van der Waals surface area contributed by atoms with Crippen molar-refractivity contribution in [1.82, 2.24) is 10.3 Å². The zero-order valence-corrected chi connectivity index (χ0v) is 15.3. The Kier molecular flexibility index (Phi) is 5.93. The van der Waals surface area contributed by atoms with Gasteiger partial charge in [-0.1, -0.05) is 36.4 Å². The molecule has 0 aliphatic rings. The first-order valence-electron chi connectivity index (χ1n) is 8.43. The van der Waals surface area contributed by atoms with Crippen molar-refractivity contribution in [3.8, 4) is 0 Å². The maximum Gasteiger partial charge on any atom is 0.254 e. The average molecular weight is 381 g/mol. The first kappa shape index (κ1) is 18.7. The summed E-state index contributed by atoms with van der Waals surface area (Å²) in [6.45, 7) is 0. The van der Waals surface area contributed by atoms with E-state index in [1.807, 2.05) is 18.2 Å². The van der Waals surface area contributed by atoms with Gasteiger partial charge in [0.2, 0.25) is 5.91 Å². The SMILES string of the molecule is NC(=O)[C@H](CC[S@](=O)c1ccccc1)NC(=O)c1cccc2cccnc12. The van der Waals surface area contributed by atoms with Crippen LogP contribution >= 0.6 is 0 Å². The number of carbonyl (C=O) groups excluding carboxylic acids is 2. The van der Waals surface area contributed by atoms with Crippen molar-refractivity contribution < 1.29 is 13.8 Å². The molecule has 27 heavy (non-hydrogen) atoms. The predicted molar refractivity (Wildman–Crippen MR) is 105 cm³/mol. The lowest BCUT2D eigenvalue weighted by molar-refractivity contribution is -0.119. The summed E-state index contributed by atoms with van der Waals surface area (Å²) in [5.74, 6) is -0.888. The van der Waals surface area contributed by atoms with E-state index < -0.39 is 28.7 Å². The molecule has 0 radical (unpaired) electrons. The summed E-state index contributed by atoms with van der Waals surface area (Å²) in [7, 11) is -1.27. The molecule has 0 aliphatic carbocycles. The van der Waals surface area contributed by atoms with Crippen molar-refractivity contribution in [3.05, 3.63) is 72.4 Å². The zero-order valence-electron chi connectivity index (χ0n) is 14.5. The standard InChI is InChI=1S/C20H19N3O3S/c21-19(24)17(11-13-27(26)15-8-2-1-3-9-15)23-20(25)16-10-4-6-14-7-5-12-22-18(14)16/h1-10,12,17H,11,13H2,(H2,21,24)(H,23,25)/t17-,27-/m0/s1. The highest BCUT2D eigenvalue weighted by Crippen LogP contribution is 2.16. The number of carbonyl (C=O) groups is 2. The van der Waals surface area contributed by atoms with Crippen LogP contribution in [0.5, 0.6) is 0 Å². The number of primary amides is 1. The van der Waals surface area contributed by atoms with E-state index in [-0.39, 0.29) is 12.2 Å². The predicted octanol–water partition coefficient (Wildman–Crippen LogP) is 2.02. The summed E-state index contributed by atoms with van der Waals surface area (Å²) in [5, 5.41) is 3.47. The molecule has 2 aromatic carbocycles. The topological polar surface area (TPSA) is 102 Å². The van der Waals surface area contributed by atoms with Gasteiger partial charge in [0.05, 0.1) is 21.9 Å². The highest BCUT2D eigenvalue weighted by molar-refractivity contribution is 7.85. The van der Waals surface area contributed by atoms with Crippen LogP contribution in [0.3, 0.4) is 0 Å². The normalized spacial score (nSPS) is 13.0. The second-order valence-corrected chi connectivity index (χ2v) is 7.53. The number of hydrogen-bond acceptors (Lipinski definition) is 4. The second kappa shape index (κ2) is 8.55. The number of aromatic nitrogens is 1. The third-order valence-corrected chi connectivity index (χ3v) is 5.53. The number of para-hydroxylation sites is 1. The van der Waals surface area contributed by atoms with Crippen molar-refractivity contribution in [3.63, 3.8) is 0 Å². The number of amides is 2. The van der Waals surface area contributed by atoms with Gasteiger partial charge in [-0.15, -0.1) is 0 Å². The molecule has 138 valence electrons. The average Bonchev–Trinajstić information content (AvgIpc) is 2.70. The molecule has 2 atom stereocenters. The lowest BCUT2D eigenvalue weighted by Gasteiger charge is -2.16. The van der Waals surface area contributed by atoms with Gasteiger partial charge in [0.25, 0.3) is 5.91 Å². The molecule has 0 saturated heterocycles. The third kappa shape index (κ3) is 4.57. The van der Waals surface area contributed by atoms with Crippen molar-refractivity contribution >= 4 is 33.5 Å². The fraction of sp³-hybridized carbons (Fsp3) is 0.150. The summed E-state index contributed by atoms with van der Waals surface area (Å²) in [6, 6.07) is 16.9. The number of pyridine rings is 1. The van der Waals surface area contributed by atoms with E-state index in [0.29, 0.717) is 16.0 Å². The molecule has 0 fully saturated rings. The molecule has 2 amide bonds. The van der Waals surface area contributed by atoms with Gasteiger partial charge in [-0.05, 0) is 30.7 Å². The fourth-order valence-electron chi connectivity index (χ4n) is 2.72. The molecule has 0 unspecified atom stereocenters. The first-order chi connectivity index (χ1) is 13.1. The van der Waals surface area contributed by atoms with Crippen LogP contribution in [0.15, 0.2) is 71.8 Å². The number of benzene rings is 2. The molecule has 0 saturated carbocycles. The monoisotopic (exact) mass is 381 g/mol. The van der Waals surface area contributed by atoms with E-state index in [1.165, 1.54) is 0 Å². The Balaban J connectivity index is 1.71. The minimum absolute atomic E-state index is 0.181. The number of nitrogens with two attached hydrogens (primary N) is 1. The molecular formula is C20H19N3O3S. The summed E-state index contributed by atoms with van der Waals surface area (Å²) in [5.41, 5.74) is 6.35. The van der Waals surface area contributed by atoms with Crippen LogP contribution < -0.4 is 11.1 Å². The van der Waals surface area contributed by atoms with Crippen molar-refractivity contribution in [2.24, 2.45) is 5.73 Å².